The van der Waals surface area contributed by atoms with Crippen molar-refractivity contribution in [2.75, 3.05) is 10.5 Å². The van der Waals surface area contributed by atoms with Crippen molar-refractivity contribution >= 4 is 27.5 Å². The molecule has 0 radical (unpaired) electrons. The van der Waals surface area contributed by atoms with Gasteiger partial charge in [-0.05, 0) is 24.3 Å². The van der Waals surface area contributed by atoms with Crippen LogP contribution in [0.3, 0.4) is 0 Å². The molecule has 1 aliphatic heterocycles. The van der Waals surface area contributed by atoms with Crippen molar-refractivity contribution in [3.63, 3.8) is 0 Å². The summed E-state index contributed by atoms with van der Waals surface area (Å²) in [4.78, 5) is 3.26. The second kappa shape index (κ2) is 7.73. The zero-order chi connectivity index (χ0) is 23.3. The van der Waals surface area contributed by atoms with E-state index >= 15 is 0 Å². The Bertz CT molecular complexity index is 1230. The largest absolute Gasteiger partial charge is 0.416 e. The van der Waals surface area contributed by atoms with Crippen LogP contribution >= 0.6 is 11.8 Å². The number of alkyl halides is 6. The first-order valence-corrected chi connectivity index (χ1v) is 11.4. The summed E-state index contributed by atoms with van der Waals surface area (Å²) in [6, 6.07) is 6.20. The minimum absolute atomic E-state index is 0.0276. The summed E-state index contributed by atoms with van der Waals surface area (Å²) in [6.45, 7) is 0.714. The first-order chi connectivity index (χ1) is 14.8. The number of aromatic nitrogens is 2. The molecule has 4 rings (SSSR count). The predicted molar refractivity (Wildman–Crippen MR) is 106 cm³/mol. The fraction of sp³-hybridized carbons (Fsp3) is 0.211. The van der Waals surface area contributed by atoms with Gasteiger partial charge in [-0.3, -0.25) is 4.72 Å². The molecule has 0 saturated heterocycles. The van der Waals surface area contributed by atoms with Gasteiger partial charge in [0, 0.05) is 24.1 Å². The van der Waals surface area contributed by atoms with Crippen LogP contribution in [0, 0.1) is 0 Å². The normalized spacial score (nSPS) is 14.4. The number of imidazole rings is 1. The van der Waals surface area contributed by atoms with Crippen molar-refractivity contribution in [1.29, 1.82) is 0 Å². The Morgan fingerprint density at radius 3 is 2.19 bits per heavy atom. The maximum absolute atomic E-state index is 13.1. The number of nitrogens with zero attached hydrogens (tertiary/aromatic N) is 2. The topological polar surface area (TPSA) is 64.0 Å². The summed E-state index contributed by atoms with van der Waals surface area (Å²) in [7, 11) is -4.79. The molecule has 0 saturated carbocycles. The van der Waals surface area contributed by atoms with Crippen molar-refractivity contribution < 1.29 is 34.8 Å². The van der Waals surface area contributed by atoms with Gasteiger partial charge in [-0.15, -0.1) is 0 Å². The Morgan fingerprint density at radius 1 is 0.969 bits per heavy atom. The highest BCUT2D eigenvalue weighted by molar-refractivity contribution is 7.99. The van der Waals surface area contributed by atoms with Crippen LogP contribution in [0.15, 0.2) is 58.7 Å². The average molecular weight is 493 g/mol. The molecule has 0 aliphatic carbocycles. The summed E-state index contributed by atoms with van der Waals surface area (Å²) in [5, 5.41) is 0.727. The second-order valence-corrected chi connectivity index (χ2v) is 9.59. The quantitative estimate of drug-likeness (QED) is 0.488. The Morgan fingerprint density at radius 2 is 1.59 bits per heavy atom. The Balaban J connectivity index is 1.76. The number of hydrogen-bond acceptors (Lipinski definition) is 4. The Kier molecular flexibility index (Phi) is 5.44. The van der Waals surface area contributed by atoms with E-state index in [1.165, 1.54) is 23.9 Å². The van der Waals surface area contributed by atoms with E-state index in [4.69, 9.17) is 0 Å². The summed E-state index contributed by atoms with van der Waals surface area (Å²) in [6.07, 6.45) is -8.63. The maximum Gasteiger partial charge on any atom is 0.416 e. The second-order valence-electron chi connectivity index (χ2n) is 6.84. The van der Waals surface area contributed by atoms with Gasteiger partial charge < -0.3 is 4.57 Å². The molecule has 3 aromatic rings. The van der Waals surface area contributed by atoms with Crippen molar-refractivity contribution in [3.8, 4) is 11.3 Å². The third-order valence-electron chi connectivity index (χ3n) is 4.62. The van der Waals surface area contributed by atoms with E-state index in [0.717, 1.165) is 10.9 Å². The van der Waals surface area contributed by atoms with Crippen LogP contribution in [0.1, 0.15) is 11.1 Å². The molecule has 2 aromatic carbocycles. The number of sulfonamides is 1. The third kappa shape index (κ3) is 4.44. The monoisotopic (exact) mass is 493 g/mol. The molecule has 0 atom stereocenters. The number of thioether (sulfide) groups is 1. The van der Waals surface area contributed by atoms with Gasteiger partial charge in [0.25, 0.3) is 10.0 Å². The van der Waals surface area contributed by atoms with E-state index < -0.39 is 38.4 Å². The molecule has 1 aromatic heterocycles. The fourth-order valence-electron chi connectivity index (χ4n) is 3.12. The number of para-hydroxylation sites is 1. The fourth-order valence-corrected chi connectivity index (χ4v) is 5.21. The molecule has 0 bridgehead atoms. The number of rotatable bonds is 4. The van der Waals surface area contributed by atoms with Crippen LogP contribution in [0.2, 0.25) is 0 Å². The van der Waals surface area contributed by atoms with Gasteiger partial charge >= 0.3 is 12.4 Å². The van der Waals surface area contributed by atoms with Gasteiger partial charge in [0.2, 0.25) is 0 Å². The maximum atomic E-state index is 13.1. The van der Waals surface area contributed by atoms with E-state index in [1.54, 1.807) is 18.3 Å². The molecule has 1 aliphatic rings. The number of aryl methyl sites for hydroxylation is 1. The highest BCUT2D eigenvalue weighted by Gasteiger charge is 2.38. The molecule has 0 spiro atoms. The third-order valence-corrected chi connectivity index (χ3v) is 6.94. The van der Waals surface area contributed by atoms with E-state index in [0.29, 0.717) is 17.8 Å². The van der Waals surface area contributed by atoms with Crippen LogP contribution in [0.4, 0.5) is 32.0 Å². The van der Waals surface area contributed by atoms with Crippen molar-refractivity contribution in [2.24, 2.45) is 0 Å². The van der Waals surface area contributed by atoms with Crippen LogP contribution in [0.5, 0.6) is 0 Å². The molecule has 13 heteroatoms. The molecular weight excluding hydrogens is 480 g/mol. The van der Waals surface area contributed by atoms with Gasteiger partial charge in [-0.1, -0.05) is 30.0 Å². The number of benzene rings is 2. The number of halogens is 6. The highest BCUT2D eigenvalue weighted by atomic mass is 32.2. The molecule has 2 heterocycles. The number of hydrogen-bond donors (Lipinski definition) is 1. The predicted octanol–water partition coefficient (Wildman–Crippen LogP) is 5.49. The molecule has 1 N–H and O–H groups in total. The van der Waals surface area contributed by atoms with Gasteiger partial charge in [0.1, 0.15) is 0 Å². The summed E-state index contributed by atoms with van der Waals surface area (Å²) in [5.41, 5.74) is -2.71. The van der Waals surface area contributed by atoms with E-state index in [2.05, 4.69) is 9.71 Å². The standard InChI is InChI=1S/C19H13F6N3O2S2/c20-18(21,22)11-7-12(19(23,24)25)9-13(8-11)32(29,30)27-15-4-2-1-3-14(15)16-10-28-5-6-31-17(28)26-16/h1-4,7-10,27H,5-6H2. The molecule has 5 nitrogen and oxygen atoms in total. The number of fused-ring (bicyclic) bond motifs is 1. The van der Waals surface area contributed by atoms with Crippen molar-refractivity contribution in [3.05, 3.63) is 59.8 Å². The van der Waals surface area contributed by atoms with Crippen LogP contribution in [-0.4, -0.2) is 23.7 Å². The molecule has 0 fully saturated rings. The van der Waals surface area contributed by atoms with E-state index in [1.807, 2.05) is 4.57 Å². The first-order valence-electron chi connectivity index (χ1n) is 8.96. The van der Waals surface area contributed by atoms with Crippen molar-refractivity contribution in [1.82, 2.24) is 9.55 Å². The molecule has 0 unspecified atom stereocenters. The molecular formula is C19H13F6N3O2S2. The average Bonchev–Trinajstić information content (AvgIpc) is 3.28. The van der Waals surface area contributed by atoms with E-state index in [-0.39, 0.29) is 23.9 Å². The minimum Gasteiger partial charge on any atom is -0.325 e. The van der Waals surface area contributed by atoms with Gasteiger partial charge in [0.05, 0.1) is 27.4 Å². The van der Waals surface area contributed by atoms with Crippen LogP contribution in [-0.2, 0) is 28.9 Å². The Hall–Kier alpha value is -2.67. The van der Waals surface area contributed by atoms with Crippen LogP contribution < -0.4 is 4.72 Å². The summed E-state index contributed by atoms with van der Waals surface area (Å²) >= 11 is 1.51. The minimum atomic E-state index is -5.17. The van der Waals surface area contributed by atoms with E-state index in [9.17, 15) is 34.8 Å². The molecule has 32 heavy (non-hydrogen) atoms. The smallest absolute Gasteiger partial charge is 0.325 e. The number of anilines is 1. The zero-order valence-corrected chi connectivity index (χ0v) is 17.5. The van der Waals surface area contributed by atoms with Gasteiger partial charge in [-0.2, -0.15) is 26.3 Å². The SMILES string of the molecule is O=S(=O)(Nc1ccccc1-c1cn2c(n1)SCC2)c1cc(C(F)(F)F)cc(C(F)(F)F)c1. The number of nitrogens with one attached hydrogen (secondary N) is 1. The lowest BCUT2D eigenvalue weighted by Crippen LogP contribution is -2.17. The van der Waals surface area contributed by atoms with Crippen LogP contribution in [0.25, 0.3) is 11.3 Å². The molecule has 0 amide bonds. The first kappa shape index (κ1) is 22.5. The van der Waals surface area contributed by atoms with Gasteiger partial charge in [-0.25, -0.2) is 13.4 Å². The summed E-state index contributed by atoms with van der Waals surface area (Å²) in [5.74, 6) is 0.841. The molecule has 170 valence electrons. The zero-order valence-electron chi connectivity index (χ0n) is 15.8. The van der Waals surface area contributed by atoms with Gasteiger partial charge in [0.15, 0.2) is 5.16 Å². The van der Waals surface area contributed by atoms with Crippen molar-refractivity contribution in [2.45, 2.75) is 28.9 Å². The lowest BCUT2D eigenvalue weighted by Gasteiger charge is -2.16. The highest BCUT2D eigenvalue weighted by Crippen LogP contribution is 2.38. The lowest BCUT2D eigenvalue weighted by molar-refractivity contribution is -0.143. The Labute approximate surface area is 182 Å². The summed E-state index contributed by atoms with van der Waals surface area (Å²) < 4.78 is 108. The lowest BCUT2D eigenvalue weighted by atomic mass is 10.1.